The van der Waals surface area contributed by atoms with Crippen molar-refractivity contribution in [3.63, 3.8) is 0 Å². The minimum absolute atomic E-state index is 0.0319. The Labute approximate surface area is 183 Å². The molecule has 1 amide bonds. The van der Waals surface area contributed by atoms with E-state index in [0.717, 1.165) is 38.3 Å². The predicted octanol–water partition coefficient (Wildman–Crippen LogP) is 2.40. The van der Waals surface area contributed by atoms with E-state index in [1.807, 2.05) is 0 Å². The maximum absolute atomic E-state index is 13.1. The maximum Gasteiger partial charge on any atom is 0.243 e. The zero-order chi connectivity index (χ0) is 22.4. The Morgan fingerprint density at radius 1 is 1.26 bits per heavy atom. The first-order chi connectivity index (χ1) is 14.8. The van der Waals surface area contributed by atoms with Gasteiger partial charge in [0.25, 0.3) is 0 Å². The van der Waals surface area contributed by atoms with Crippen LogP contribution in [0.25, 0.3) is 0 Å². The van der Waals surface area contributed by atoms with Gasteiger partial charge in [-0.05, 0) is 50.2 Å². The van der Waals surface area contributed by atoms with Crippen molar-refractivity contribution in [3.05, 3.63) is 42.5 Å². The minimum Gasteiger partial charge on any atom is -0.323 e. The topological polar surface area (TPSA) is 87.5 Å². The largest absolute Gasteiger partial charge is 0.323 e. The highest BCUT2D eigenvalue weighted by Crippen LogP contribution is 2.25. The Bertz CT molecular complexity index is 973. The summed E-state index contributed by atoms with van der Waals surface area (Å²) in [5.41, 5.74) is 0.600. The Hall–Kier alpha value is -2.30. The molecule has 0 spiro atoms. The number of piperidine rings is 1. The van der Waals surface area contributed by atoms with Crippen molar-refractivity contribution in [2.75, 3.05) is 38.0 Å². The monoisotopic (exact) mass is 451 g/mol. The molecular weight excluding hydrogens is 421 g/mol. The van der Waals surface area contributed by atoms with Gasteiger partial charge in [0.2, 0.25) is 15.9 Å². The average molecular weight is 452 g/mol. The number of likely N-dealkylation sites (N-methyl/N-ethyl adjacent to an activating group) is 1. The summed E-state index contributed by atoms with van der Waals surface area (Å²) >= 11 is 0. The molecule has 2 heterocycles. The van der Waals surface area contributed by atoms with Crippen molar-refractivity contribution in [1.29, 1.82) is 0 Å². The highest BCUT2D eigenvalue weighted by atomic mass is 32.2. The van der Waals surface area contributed by atoms with Crippen LogP contribution >= 0.6 is 0 Å². The van der Waals surface area contributed by atoms with Crippen LogP contribution in [0.15, 0.2) is 41.6 Å². The third-order valence-electron chi connectivity index (χ3n) is 5.65. The summed E-state index contributed by atoms with van der Waals surface area (Å²) in [6.07, 6.45) is 4.59. The van der Waals surface area contributed by atoms with E-state index in [2.05, 4.69) is 29.2 Å². The van der Waals surface area contributed by atoms with Crippen LogP contribution in [-0.2, 0) is 21.4 Å². The van der Waals surface area contributed by atoms with E-state index in [1.54, 1.807) is 17.1 Å². The molecule has 1 saturated heterocycles. The number of sulfonamides is 1. The van der Waals surface area contributed by atoms with Gasteiger partial charge in [0.15, 0.2) is 0 Å². The molecule has 0 aliphatic carbocycles. The number of nitrogens with zero attached hydrogens (tertiary/aromatic N) is 4. The number of aromatic nitrogens is 2. The fraction of sp³-hybridized carbons (Fsp3) is 0.524. The van der Waals surface area contributed by atoms with Gasteiger partial charge in [0, 0.05) is 25.8 Å². The predicted molar refractivity (Wildman–Crippen MR) is 117 cm³/mol. The highest BCUT2D eigenvalue weighted by molar-refractivity contribution is 7.89. The molecule has 1 N–H and O–H groups in total. The zero-order valence-corrected chi connectivity index (χ0v) is 18.8. The molecule has 1 fully saturated rings. The number of carbonyl (C=O) groups excluding carboxylic acids is 1. The van der Waals surface area contributed by atoms with Crippen LogP contribution in [0, 0.1) is 11.7 Å². The highest BCUT2D eigenvalue weighted by Gasteiger charge is 2.33. The van der Waals surface area contributed by atoms with Crippen molar-refractivity contribution in [3.8, 4) is 0 Å². The number of halogens is 1. The summed E-state index contributed by atoms with van der Waals surface area (Å²) < 4.78 is 42.0. The first kappa shape index (κ1) is 23.4. The Balaban J connectivity index is 1.59. The van der Waals surface area contributed by atoms with Gasteiger partial charge in [-0.25, -0.2) is 12.8 Å². The van der Waals surface area contributed by atoms with E-state index < -0.39 is 21.8 Å². The van der Waals surface area contributed by atoms with Crippen molar-refractivity contribution >= 4 is 21.6 Å². The second-order valence-corrected chi connectivity index (χ2v) is 9.60. The summed E-state index contributed by atoms with van der Waals surface area (Å²) in [7, 11) is -3.77. The number of nitrogens with one attached hydrogen (secondary N) is 1. The molecule has 0 radical (unpaired) electrons. The molecular formula is C21H30FN5O3S. The molecule has 1 aliphatic heterocycles. The van der Waals surface area contributed by atoms with Gasteiger partial charge in [0.05, 0.1) is 29.2 Å². The molecule has 1 aromatic carbocycles. The van der Waals surface area contributed by atoms with E-state index in [0.29, 0.717) is 25.1 Å². The normalized spacial score (nSPS) is 17.7. The maximum atomic E-state index is 13.1. The van der Waals surface area contributed by atoms with Crippen LogP contribution in [0.1, 0.15) is 26.7 Å². The summed E-state index contributed by atoms with van der Waals surface area (Å²) in [5.74, 6) is -1.17. The lowest BCUT2D eigenvalue weighted by Gasteiger charge is -2.31. The number of rotatable bonds is 9. The van der Waals surface area contributed by atoms with Crippen LogP contribution in [0.4, 0.5) is 10.1 Å². The lowest BCUT2D eigenvalue weighted by Crippen LogP contribution is -2.43. The SMILES string of the molecule is CCN(CC)CCn1cc(NC(=O)C2CCCN(S(=O)(=O)c3ccc(F)cc3)C2)cn1. The van der Waals surface area contributed by atoms with Gasteiger partial charge < -0.3 is 10.2 Å². The third-order valence-corrected chi connectivity index (χ3v) is 7.53. The van der Waals surface area contributed by atoms with Crippen LogP contribution in [-0.4, -0.2) is 66.0 Å². The molecule has 1 aromatic heterocycles. The standard InChI is InChI=1S/C21H30FN5O3S/c1-3-25(4-2)12-13-26-16-19(14-23-26)24-21(28)17-6-5-11-27(15-17)31(29,30)20-9-7-18(22)8-10-20/h7-10,14,16-17H,3-6,11-13,15H2,1-2H3,(H,24,28). The fourth-order valence-electron chi connectivity index (χ4n) is 3.71. The lowest BCUT2D eigenvalue weighted by molar-refractivity contribution is -0.120. The molecule has 3 rings (SSSR count). The second kappa shape index (κ2) is 10.3. The number of amides is 1. The summed E-state index contributed by atoms with van der Waals surface area (Å²) in [4.78, 5) is 15.1. The first-order valence-electron chi connectivity index (χ1n) is 10.6. The number of benzene rings is 1. The Kier molecular flexibility index (Phi) is 7.79. The quantitative estimate of drug-likeness (QED) is 0.633. The van der Waals surface area contributed by atoms with Crippen molar-refractivity contribution in [2.24, 2.45) is 5.92 Å². The van der Waals surface area contributed by atoms with Gasteiger partial charge in [-0.15, -0.1) is 0 Å². The van der Waals surface area contributed by atoms with Gasteiger partial charge in [-0.2, -0.15) is 9.40 Å². The van der Waals surface area contributed by atoms with Gasteiger partial charge >= 0.3 is 0 Å². The van der Waals surface area contributed by atoms with E-state index in [-0.39, 0.29) is 17.3 Å². The summed E-state index contributed by atoms with van der Waals surface area (Å²) in [6.45, 7) is 8.21. The van der Waals surface area contributed by atoms with E-state index >= 15 is 0 Å². The Morgan fingerprint density at radius 2 is 1.97 bits per heavy atom. The van der Waals surface area contributed by atoms with Crippen LogP contribution < -0.4 is 5.32 Å². The van der Waals surface area contributed by atoms with Gasteiger partial charge in [-0.3, -0.25) is 9.48 Å². The lowest BCUT2D eigenvalue weighted by atomic mass is 9.99. The molecule has 8 nitrogen and oxygen atoms in total. The van der Waals surface area contributed by atoms with Crippen LogP contribution in [0.2, 0.25) is 0 Å². The van der Waals surface area contributed by atoms with Crippen molar-refractivity contribution in [1.82, 2.24) is 19.0 Å². The average Bonchev–Trinajstić information content (AvgIpc) is 3.22. The fourth-order valence-corrected chi connectivity index (χ4v) is 5.23. The first-order valence-corrected chi connectivity index (χ1v) is 12.1. The van der Waals surface area contributed by atoms with Gasteiger partial charge in [-0.1, -0.05) is 13.8 Å². The molecule has 1 atom stereocenters. The van der Waals surface area contributed by atoms with Crippen LogP contribution in [0.3, 0.4) is 0 Å². The van der Waals surface area contributed by atoms with Crippen molar-refractivity contribution < 1.29 is 17.6 Å². The number of carbonyl (C=O) groups is 1. The molecule has 31 heavy (non-hydrogen) atoms. The molecule has 1 aliphatic rings. The Morgan fingerprint density at radius 3 is 2.65 bits per heavy atom. The minimum atomic E-state index is -3.77. The summed E-state index contributed by atoms with van der Waals surface area (Å²) in [6, 6.07) is 4.75. The van der Waals surface area contributed by atoms with E-state index in [9.17, 15) is 17.6 Å². The van der Waals surface area contributed by atoms with Gasteiger partial charge in [0.1, 0.15) is 5.82 Å². The zero-order valence-electron chi connectivity index (χ0n) is 18.0. The van der Waals surface area contributed by atoms with E-state index in [1.165, 1.54) is 16.4 Å². The number of hydrogen-bond donors (Lipinski definition) is 1. The van der Waals surface area contributed by atoms with Crippen LogP contribution in [0.5, 0.6) is 0 Å². The summed E-state index contributed by atoms with van der Waals surface area (Å²) in [5, 5.41) is 7.15. The van der Waals surface area contributed by atoms with E-state index in [4.69, 9.17) is 0 Å². The second-order valence-electron chi connectivity index (χ2n) is 7.66. The molecule has 1 unspecified atom stereocenters. The smallest absolute Gasteiger partial charge is 0.243 e. The van der Waals surface area contributed by atoms with Crippen molar-refractivity contribution in [2.45, 2.75) is 38.1 Å². The molecule has 170 valence electrons. The molecule has 2 aromatic rings. The number of anilines is 1. The molecule has 0 bridgehead atoms. The number of hydrogen-bond acceptors (Lipinski definition) is 5. The third kappa shape index (κ3) is 5.90. The molecule has 0 saturated carbocycles. The molecule has 10 heteroatoms.